The third-order valence-electron chi connectivity index (χ3n) is 4.79. The van der Waals surface area contributed by atoms with E-state index in [4.69, 9.17) is 9.72 Å². The van der Waals surface area contributed by atoms with Gasteiger partial charge in [0.2, 0.25) is 0 Å². The molecule has 4 nitrogen and oxygen atoms in total. The molecule has 160 valence electrons. The van der Waals surface area contributed by atoms with Gasteiger partial charge in [-0.05, 0) is 28.6 Å². The lowest BCUT2D eigenvalue weighted by Gasteiger charge is -2.14. The second-order valence-electron chi connectivity index (χ2n) is 7.16. The van der Waals surface area contributed by atoms with Crippen LogP contribution in [0.3, 0.4) is 0 Å². The zero-order valence-electron chi connectivity index (χ0n) is 17.3. The van der Waals surface area contributed by atoms with Crippen LogP contribution in [0, 0.1) is 11.3 Å². The zero-order valence-corrected chi connectivity index (χ0v) is 19.0. The molecule has 32 heavy (non-hydrogen) atoms. The smallest absolute Gasteiger partial charge is 0.115 e. The predicted molar refractivity (Wildman–Crippen MR) is 131 cm³/mol. The summed E-state index contributed by atoms with van der Waals surface area (Å²) in [5.41, 5.74) is 4.24. The molecule has 0 aliphatic carbocycles. The number of ether oxygens (including phenoxy) is 1. The number of aromatic nitrogens is 1. The molecule has 0 saturated heterocycles. The third-order valence-corrected chi connectivity index (χ3v) is 6.80. The highest BCUT2D eigenvalue weighted by Gasteiger charge is 2.17. The van der Waals surface area contributed by atoms with Gasteiger partial charge in [-0.25, -0.2) is 4.98 Å². The van der Waals surface area contributed by atoms with Gasteiger partial charge in [0.05, 0.1) is 35.5 Å². The first kappa shape index (κ1) is 22.3. The van der Waals surface area contributed by atoms with Crippen LogP contribution in [0.2, 0.25) is 0 Å². The first-order chi connectivity index (χ1) is 15.7. The number of nitriles is 1. The first-order valence-electron chi connectivity index (χ1n) is 10.2. The predicted octanol–water partition coefficient (Wildman–Crippen LogP) is 6.02. The van der Waals surface area contributed by atoms with Crippen LogP contribution < -0.4 is 0 Å². The van der Waals surface area contributed by atoms with Crippen LogP contribution >= 0.6 is 23.1 Å². The van der Waals surface area contributed by atoms with Gasteiger partial charge in [-0.3, -0.25) is 0 Å². The Balaban J connectivity index is 1.52. The highest BCUT2D eigenvalue weighted by molar-refractivity contribution is 7.99. The third kappa shape index (κ3) is 5.64. The SMILES string of the molecule is N#Cc1c(-c2ccccc2)cc(-c2cccs2)nc1SCC(O)COCc1ccccc1. The maximum absolute atomic E-state index is 10.4. The summed E-state index contributed by atoms with van der Waals surface area (Å²) >= 11 is 3.00. The number of thiophene rings is 1. The molecule has 2 heterocycles. The molecule has 0 amide bonds. The molecular formula is C26H22N2O2S2. The van der Waals surface area contributed by atoms with Gasteiger partial charge in [-0.15, -0.1) is 23.1 Å². The van der Waals surface area contributed by atoms with Gasteiger partial charge < -0.3 is 9.84 Å². The lowest BCUT2D eigenvalue weighted by Crippen LogP contribution is -2.18. The van der Waals surface area contributed by atoms with Crippen LogP contribution in [0.4, 0.5) is 0 Å². The largest absolute Gasteiger partial charge is 0.390 e. The van der Waals surface area contributed by atoms with Gasteiger partial charge in [-0.2, -0.15) is 5.26 Å². The van der Waals surface area contributed by atoms with Crippen LogP contribution in [-0.4, -0.2) is 28.6 Å². The summed E-state index contributed by atoms with van der Waals surface area (Å²) in [5.74, 6) is 0.387. The van der Waals surface area contributed by atoms with E-state index in [0.29, 0.717) is 22.9 Å². The molecule has 6 heteroatoms. The van der Waals surface area contributed by atoms with Crippen molar-refractivity contribution >= 4 is 23.1 Å². The highest BCUT2D eigenvalue weighted by Crippen LogP contribution is 2.35. The van der Waals surface area contributed by atoms with E-state index < -0.39 is 6.10 Å². The number of hydrogen-bond donors (Lipinski definition) is 1. The minimum absolute atomic E-state index is 0.222. The van der Waals surface area contributed by atoms with Crippen molar-refractivity contribution in [3.8, 4) is 27.8 Å². The van der Waals surface area contributed by atoms with Crippen molar-refractivity contribution in [3.63, 3.8) is 0 Å². The summed E-state index contributed by atoms with van der Waals surface area (Å²) in [7, 11) is 0. The maximum Gasteiger partial charge on any atom is 0.115 e. The Bertz CT molecular complexity index is 1170. The monoisotopic (exact) mass is 458 g/mol. The number of hydrogen-bond acceptors (Lipinski definition) is 6. The Kier molecular flexibility index (Phi) is 7.70. The maximum atomic E-state index is 10.4. The van der Waals surface area contributed by atoms with E-state index in [-0.39, 0.29) is 6.61 Å². The molecule has 0 fully saturated rings. The van der Waals surface area contributed by atoms with Gasteiger partial charge >= 0.3 is 0 Å². The molecule has 1 N–H and O–H groups in total. The van der Waals surface area contributed by atoms with Crippen molar-refractivity contribution in [3.05, 3.63) is 95.4 Å². The summed E-state index contributed by atoms with van der Waals surface area (Å²) in [5, 5.41) is 23.0. The van der Waals surface area contributed by atoms with Crippen LogP contribution in [0.15, 0.2) is 89.3 Å². The lowest BCUT2D eigenvalue weighted by molar-refractivity contribution is 0.0398. The number of thioether (sulfide) groups is 1. The Labute approximate surface area is 196 Å². The number of benzene rings is 2. The Morgan fingerprint density at radius 3 is 2.47 bits per heavy atom. The molecule has 0 saturated carbocycles. The van der Waals surface area contributed by atoms with Crippen LogP contribution in [0.25, 0.3) is 21.7 Å². The Hall–Kier alpha value is -2.95. The molecule has 0 aliphatic heterocycles. The number of nitrogens with zero attached hydrogens (tertiary/aromatic N) is 2. The number of aliphatic hydroxyl groups is 1. The van der Waals surface area contributed by atoms with E-state index in [1.165, 1.54) is 11.8 Å². The molecule has 0 bridgehead atoms. The van der Waals surface area contributed by atoms with Crippen LogP contribution in [0.1, 0.15) is 11.1 Å². The van der Waals surface area contributed by atoms with Crippen LogP contribution in [0.5, 0.6) is 0 Å². The van der Waals surface area contributed by atoms with Gasteiger partial charge in [0.15, 0.2) is 0 Å². The second kappa shape index (κ2) is 11.1. The fraction of sp³-hybridized carbons (Fsp3) is 0.154. The average Bonchev–Trinajstić information content (AvgIpc) is 3.38. The van der Waals surface area contributed by atoms with E-state index in [9.17, 15) is 10.4 Å². The van der Waals surface area contributed by atoms with E-state index in [2.05, 4.69) is 6.07 Å². The van der Waals surface area contributed by atoms with Crippen molar-refractivity contribution in [2.75, 3.05) is 12.4 Å². The van der Waals surface area contributed by atoms with E-state index in [1.807, 2.05) is 84.2 Å². The first-order valence-corrected chi connectivity index (χ1v) is 12.1. The number of aliphatic hydroxyl groups excluding tert-OH is 1. The molecule has 4 rings (SSSR count). The summed E-state index contributed by atoms with van der Waals surface area (Å²) in [6.07, 6.45) is -0.664. The molecule has 0 spiro atoms. The molecule has 2 aromatic carbocycles. The number of pyridine rings is 1. The van der Waals surface area contributed by atoms with Gasteiger partial charge in [0.25, 0.3) is 0 Å². The highest BCUT2D eigenvalue weighted by atomic mass is 32.2. The standard InChI is InChI=1S/C26H22N2O2S2/c27-15-23-22(20-10-5-2-6-11-20)14-24(25-12-7-13-31-25)28-26(23)32-18-21(29)17-30-16-19-8-3-1-4-9-19/h1-14,21,29H,16-18H2. The molecule has 0 radical (unpaired) electrons. The van der Waals surface area contributed by atoms with Crippen molar-refractivity contribution in [1.29, 1.82) is 5.26 Å². The van der Waals surface area contributed by atoms with Gasteiger partial charge in [0, 0.05) is 11.3 Å². The van der Waals surface area contributed by atoms with Crippen LogP contribution in [-0.2, 0) is 11.3 Å². The summed E-state index contributed by atoms with van der Waals surface area (Å²) in [6.45, 7) is 0.677. The quantitative estimate of drug-likeness (QED) is 0.311. The van der Waals surface area contributed by atoms with E-state index >= 15 is 0 Å². The van der Waals surface area contributed by atoms with Gasteiger partial charge in [-0.1, -0.05) is 66.7 Å². The van der Waals surface area contributed by atoms with Crippen molar-refractivity contribution < 1.29 is 9.84 Å². The topological polar surface area (TPSA) is 66.1 Å². The molecular weight excluding hydrogens is 436 g/mol. The summed E-state index contributed by atoms with van der Waals surface area (Å²) in [4.78, 5) is 5.81. The average molecular weight is 459 g/mol. The van der Waals surface area contributed by atoms with Crippen molar-refractivity contribution in [2.24, 2.45) is 0 Å². The fourth-order valence-electron chi connectivity index (χ4n) is 3.24. The molecule has 0 aliphatic rings. The lowest BCUT2D eigenvalue weighted by atomic mass is 10.0. The molecule has 1 unspecified atom stereocenters. The molecule has 4 aromatic rings. The van der Waals surface area contributed by atoms with E-state index in [1.54, 1.807) is 11.3 Å². The van der Waals surface area contributed by atoms with Gasteiger partial charge in [0.1, 0.15) is 11.1 Å². The minimum Gasteiger partial charge on any atom is -0.390 e. The second-order valence-corrected chi connectivity index (χ2v) is 9.11. The summed E-state index contributed by atoms with van der Waals surface area (Å²) in [6, 6.07) is 28.1. The Morgan fingerprint density at radius 1 is 1.03 bits per heavy atom. The molecule has 1 atom stereocenters. The van der Waals surface area contributed by atoms with Crippen molar-refractivity contribution in [2.45, 2.75) is 17.7 Å². The number of rotatable bonds is 9. The minimum atomic E-state index is -0.664. The summed E-state index contributed by atoms with van der Waals surface area (Å²) < 4.78 is 5.66. The molecule has 2 aromatic heterocycles. The fourth-order valence-corrected chi connectivity index (χ4v) is 4.84. The zero-order chi connectivity index (χ0) is 22.2. The van der Waals surface area contributed by atoms with Crippen molar-refractivity contribution in [1.82, 2.24) is 4.98 Å². The normalized spacial score (nSPS) is 11.8. The van der Waals surface area contributed by atoms with E-state index in [0.717, 1.165) is 27.3 Å². The Morgan fingerprint density at radius 2 is 1.78 bits per heavy atom.